The van der Waals surface area contributed by atoms with Gasteiger partial charge in [-0.05, 0) is 73.5 Å². The zero-order valence-corrected chi connectivity index (χ0v) is 33.1. The second kappa shape index (κ2) is 20.1. The van der Waals surface area contributed by atoms with E-state index in [4.69, 9.17) is 4.74 Å². The summed E-state index contributed by atoms with van der Waals surface area (Å²) in [6.07, 6.45) is -1.19. The molecular formula is C48H36CuF3N2OP2. The molecule has 7 aromatic carbocycles. The van der Waals surface area contributed by atoms with E-state index in [-0.39, 0.29) is 17.1 Å². The molecule has 1 aromatic heterocycles. The summed E-state index contributed by atoms with van der Waals surface area (Å²) in [5.74, 6) is 1.81. The van der Waals surface area contributed by atoms with Crippen molar-refractivity contribution in [3.63, 3.8) is 0 Å². The molecule has 3 nitrogen and oxygen atoms in total. The Kier molecular flexibility index (Phi) is 14.5. The first-order valence-electron chi connectivity index (χ1n) is 17.9. The summed E-state index contributed by atoms with van der Waals surface area (Å²) in [5, 5.41) is 7.64. The van der Waals surface area contributed by atoms with E-state index < -0.39 is 27.6 Å². The molecule has 8 aromatic rings. The fourth-order valence-corrected chi connectivity index (χ4v) is 10.7. The monoisotopic (exact) mass is 838 g/mol. The van der Waals surface area contributed by atoms with Crippen LogP contribution < -0.4 is 41.5 Å². The van der Waals surface area contributed by atoms with Crippen LogP contribution in [0.2, 0.25) is 0 Å². The van der Waals surface area contributed by atoms with E-state index in [1.807, 2.05) is 0 Å². The first-order valence-corrected chi connectivity index (χ1v) is 20.6. The smallest absolute Gasteiger partial charge is 0.663 e. The number of hydrogen-bond acceptors (Lipinski definition) is 2. The SMILES string of the molecule is FC(F)(F)c1ccc(N=Cc2ccc[n-]2)cc1.[Cu+].c1ccc(P(c2ccccc2)c2ccccc2Oc2ccccc2P(c2ccccc2)c2ccccc2)cc1. The molecule has 0 atom stereocenters. The molecule has 9 heteroatoms. The number of benzene rings is 7. The van der Waals surface area contributed by atoms with E-state index in [0.29, 0.717) is 11.4 Å². The third-order valence-corrected chi connectivity index (χ3v) is 13.6. The topological polar surface area (TPSA) is 35.7 Å². The Balaban J connectivity index is 0.000000256. The van der Waals surface area contributed by atoms with Gasteiger partial charge in [0.1, 0.15) is 11.5 Å². The second-order valence-corrected chi connectivity index (χ2v) is 16.8. The van der Waals surface area contributed by atoms with Gasteiger partial charge in [0.2, 0.25) is 0 Å². The van der Waals surface area contributed by atoms with Crippen molar-refractivity contribution in [1.29, 1.82) is 0 Å². The van der Waals surface area contributed by atoms with Gasteiger partial charge in [-0.3, -0.25) is 4.99 Å². The maximum Gasteiger partial charge on any atom is 1.00 e. The molecule has 0 N–H and O–H groups in total. The molecule has 0 aliphatic rings. The molecule has 57 heavy (non-hydrogen) atoms. The second-order valence-electron chi connectivity index (χ2n) is 12.4. The van der Waals surface area contributed by atoms with Gasteiger partial charge in [-0.1, -0.05) is 170 Å². The van der Waals surface area contributed by atoms with Crippen LogP contribution in [-0.2, 0) is 23.2 Å². The van der Waals surface area contributed by atoms with Crippen LogP contribution in [0.15, 0.2) is 217 Å². The predicted octanol–water partition coefficient (Wildman–Crippen LogP) is 10.4. The number of aliphatic imine (C=N–C) groups is 1. The van der Waals surface area contributed by atoms with Crippen molar-refractivity contribution >= 4 is 59.6 Å². The number of alkyl halides is 3. The summed E-state index contributed by atoms with van der Waals surface area (Å²) in [4.78, 5) is 7.98. The van der Waals surface area contributed by atoms with E-state index in [9.17, 15) is 13.2 Å². The van der Waals surface area contributed by atoms with Gasteiger partial charge in [0, 0.05) is 16.8 Å². The molecule has 0 aliphatic carbocycles. The van der Waals surface area contributed by atoms with Gasteiger partial charge >= 0.3 is 23.2 Å². The molecule has 0 bridgehead atoms. The fraction of sp³-hybridized carbons (Fsp3) is 0.0208. The Morgan fingerprint density at radius 2 is 0.842 bits per heavy atom. The summed E-state index contributed by atoms with van der Waals surface area (Å²) < 4.78 is 43.8. The average molecular weight is 839 g/mol. The van der Waals surface area contributed by atoms with Crippen LogP contribution in [0, 0.1) is 0 Å². The fourth-order valence-electron chi connectivity index (χ4n) is 6.00. The van der Waals surface area contributed by atoms with Gasteiger partial charge in [0.25, 0.3) is 0 Å². The molecule has 0 amide bonds. The number of nitrogens with zero attached hydrogens (tertiary/aromatic N) is 2. The zero-order valence-electron chi connectivity index (χ0n) is 30.4. The Hall–Kier alpha value is -5.54. The van der Waals surface area contributed by atoms with Crippen LogP contribution in [0.4, 0.5) is 18.9 Å². The molecule has 0 saturated carbocycles. The van der Waals surface area contributed by atoms with Gasteiger partial charge in [-0.15, -0.1) is 5.69 Å². The largest absolute Gasteiger partial charge is 1.00 e. The van der Waals surface area contributed by atoms with Crippen LogP contribution >= 0.6 is 15.8 Å². The standard InChI is InChI=1S/C36H28OP2.C12H8F3N2.Cu/c1-5-17-29(18-6-1)38(30-19-7-2-8-20-30)35-27-15-13-25-33(35)37-34-26-14-16-28-36(34)39(31-21-9-3-10-22-31)32-23-11-4-12-24-32;13-12(14,15)9-3-5-10(6-4-9)17-8-11-2-1-7-16-11;/h1-28H;1-8H;/q;-1;+1. The average Bonchev–Trinajstić information content (AvgIpc) is 3.77. The minimum absolute atomic E-state index is 0. The van der Waals surface area contributed by atoms with Crippen LogP contribution in [-0.4, -0.2) is 6.21 Å². The van der Waals surface area contributed by atoms with Crippen molar-refractivity contribution in [3.05, 3.63) is 224 Å². The first kappa shape index (κ1) is 41.1. The maximum absolute atomic E-state index is 12.3. The molecule has 0 unspecified atom stereocenters. The van der Waals surface area contributed by atoms with E-state index in [1.165, 1.54) is 50.2 Å². The quantitative estimate of drug-likeness (QED) is 0.0782. The number of halogens is 3. The predicted molar refractivity (Wildman–Crippen MR) is 229 cm³/mol. The molecule has 0 radical (unpaired) electrons. The van der Waals surface area contributed by atoms with Crippen molar-refractivity contribution < 1.29 is 35.0 Å². The number of hydrogen-bond donors (Lipinski definition) is 0. The van der Waals surface area contributed by atoms with Gasteiger partial charge in [-0.2, -0.15) is 19.4 Å². The minimum Gasteiger partial charge on any atom is -0.663 e. The minimum atomic E-state index is -4.31. The van der Waals surface area contributed by atoms with Crippen molar-refractivity contribution in [2.45, 2.75) is 6.18 Å². The van der Waals surface area contributed by atoms with Crippen molar-refractivity contribution in [2.24, 2.45) is 4.99 Å². The van der Waals surface area contributed by atoms with E-state index >= 15 is 0 Å². The Labute approximate surface area is 344 Å². The van der Waals surface area contributed by atoms with Crippen LogP contribution in [0.3, 0.4) is 0 Å². The molecule has 0 saturated heterocycles. The van der Waals surface area contributed by atoms with Crippen molar-refractivity contribution in [1.82, 2.24) is 4.98 Å². The zero-order chi connectivity index (χ0) is 38.6. The van der Waals surface area contributed by atoms with Gasteiger partial charge in [0.05, 0.1) is 11.3 Å². The molecule has 0 fully saturated rings. The van der Waals surface area contributed by atoms with Gasteiger partial charge in [-0.25, -0.2) is 0 Å². The van der Waals surface area contributed by atoms with Crippen molar-refractivity contribution in [2.75, 3.05) is 0 Å². The maximum atomic E-state index is 12.3. The van der Waals surface area contributed by atoms with Crippen LogP contribution in [0.5, 0.6) is 11.5 Å². The van der Waals surface area contributed by atoms with Gasteiger partial charge < -0.3 is 9.72 Å². The summed E-state index contributed by atoms with van der Waals surface area (Å²) >= 11 is 0. The number of rotatable bonds is 10. The van der Waals surface area contributed by atoms with E-state index in [1.54, 1.807) is 18.3 Å². The Bertz CT molecular complexity index is 2230. The van der Waals surface area contributed by atoms with E-state index in [0.717, 1.165) is 23.6 Å². The molecular weight excluding hydrogens is 803 g/mol. The van der Waals surface area contributed by atoms with E-state index in [2.05, 4.69) is 180 Å². The summed E-state index contributed by atoms with van der Waals surface area (Å²) in [5.41, 5.74) is 0.453. The summed E-state index contributed by atoms with van der Waals surface area (Å²) in [6, 6.07) is 68.4. The third kappa shape index (κ3) is 10.9. The number of ether oxygens (including phenoxy) is 1. The first-order chi connectivity index (χ1) is 27.4. The normalized spacial score (nSPS) is 11.2. The molecule has 1 heterocycles. The van der Waals surface area contributed by atoms with Crippen LogP contribution in [0.1, 0.15) is 11.3 Å². The van der Waals surface area contributed by atoms with Gasteiger partial charge in [0.15, 0.2) is 0 Å². The molecule has 286 valence electrons. The molecule has 0 spiro atoms. The Morgan fingerprint density at radius 1 is 0.456 bits per heavy atom. The summed E-state index contributed by atoms with van der Waals surface area (Å²) in [6.45, 7) is 0. The van der Waals surface area contributed by atoms with Crippen LogP contribution in [0.25, 0.3) is 0 Å². The number of aromatic nitrogens is 1. The molecule has 8 rings (SSSR count). The molecule has 0 aliphatic heterocycles. The third-order valence-electron chi connectivity index (χ3n) is 8.61. The van der Waals surface area contributed by atoms with Crippen molar-refractivity contribution in [3.8, 4) is 11.5 Å². The number of para-hydroxylation sites is 2. The summed E-state index contributed by atoms with van der Waals surface area (Å²) in [7, 11) is -1.59. The Morgan fingerprint density at radius 3 is 1.21 bits per heavy atom.